The Balaban J connectivity index is 2.10. The number of pyridine rings is 1. The van der Waals surface area contributed by atoms with Crippen LogP contribution in [0, 0.1) is 6.92 Å². The lowest BCUT2D eigenvalue weighted by Crippen LogP contribution is -2.29. The summed E-state index contributed by atoms with van der Waals surface area (Å²) >= 11 is 0. The van der Waals surface area contributed by atoms with Gasteiger partial charge in [-0.15, -0.1) is 10.2 Å². The van der Waals surface area contributed by atoms with Crippen LogP contribution in [0.2, 0.25) is 0 Å². The second kappa shape index (κ2) is 3.87. The van der Waals surface area contributed by atoms with Gasteiger partial charge >= 0.3 is 0 Å². The van der Waals surface area contributed by atoms with E-state index in [2.05, 4.69) is 32.0 Å². The highest BCUT2D eigenvalue weighted by atomic mass is 15.2. The molecule has 4 heteroatoms. The molecule has 2 aromatic rings. The van der Waals surface area contributed by atoms with E-state index in [9.17, 15) is 0 Å². The maximum atomic E-state index is 4.17. The zero-order valence-corrected chi connectivity index (χ0v) is 9.48. The Labute approximate surface area is 94.7 Å². The van der Waals surface area contributed by atoms with Gasteiger partial charge in [0.2, 0.25) is 0 Å². The van der Waals surface area contributed by atoms with Crippen LogP contribution in [0.5, 0.6) is 0 Å². The number of fused-ring (bicyclic) bond motifs is 1. The van der Waals surface area contributed by atoms with Crippen LogP contribution in [-0.2, 0) is 0 Å². The first kappa shape index (κ1) is 9.78. The van der Waals surface area contributed by atoms with Crippen LogP contribution >= 0.6 is 0 Å². The van der Waals surface area contributed by atoms with Gasteiger partial charge in [0.25, 0.3) is 0 Å². The molecule has 0 aromatic carbocycles. The third kappa shape index (κ3) is 1.50. The lowest BCUT2D eigenvalue weighted by Gasteiger charge is -2.24. The Morgan fingerprint density at radius 3 is 3.12 bits per heavy atom. The molecule has 0 saturated carbocycles. The van der Waals surface area contributed by atoms with Crippen molar-refractivity contribution in [1.29, 1.82) is 0 Å². The van der Waals surface area contributed by atoms with Gasteiger partial charge < -0.3 is 5.32 Å². The number of hydrogen-bond acceptors (Lipinski definition) is 3. The smallest absolute Gasteiger partial charge is 0.160 e. The standard InChI is InChI=1S/C12H16N4/c1-9-14-15-12-6-2-5-11(16(9)12)10-4-3-7-13-8-10/h2,5-6,10,13H,3-4,7-8H2,1H3. The minimum atomic E-state index is 0.590. The second-order valence-corrected chi connectivity index (χ2v) is 4.43. The van der Waals surface area contributed by atoms with Crippen molar-refractivity contribution in [2.45, 2.75) is 25.7 Å². The van der Waals surface area contributed by atoms with Gasteiger partial charge in [0.1, 0.15) is 5.82 Å². The quantitative estimate of drug-likeness (QED) is 0.785. The van der Waals surface area contributed by atoms with E-state index in [-0.39, 0.29) is 0 Å². The van der Waals surface area contributed by atoms with Crippen molar-refractivity contribution in [3.8, 4) is 0 Å². The Morgan fingerprint density at radius 2 is 2.31 bits per heavy atom. The van der Waals surface area contributed by atoms with Gasteiger partial charge in [-0.1, -0.05) is 6.07 Å². The molecular formula is C12H16N4. The van der Waals surface area contributed by atoms with Crippen LogP contribution in [0.4, 0.5) is 0 Å². The summed E-state index contributed by atoms with van der Waals surface area (Å²) < 4.78 is 2.18. The molecule has 0 spiro atoms. The van der Waals surface area contributed by atoms with Gasteiger partial charge in [0, 0.05) is 18.2 Å². The van der Waals surface area contributed by atoms with E-state index in [0.29, 0.717) is 5.92 Å². The largest absolute Gasteiger partial charge is 0.316 e. The Morgan fingerprint density at radius 1 is 1.38 bits per heavy atom. The number of piperidine rings is 1. The van der Waals surface area contributed by atoms with Crippen LogP contribution in [0.1, 0.15) is 30.3 Å². The Bertz CT molecular complexity index is 497. The molecule has 16 heavy (non-hydrogen) atoms. The molecule has 3 heterocycles. The molecule has 4 nitrogen and oxygen atoms in total. The predicted molar refractivity (Wildman–Crippen MR) is 62.6 cm³/mol. The first-order valence-corrected chi connectivity index (χ1v) is 5.87. The fourth-order valence-electron chi connectivity index (χ4n) is 2.54. The summed E-state index contributed by atoms with van der Waals surface area (Å²) in [6, 6.07) is 6.29. The van der Waals surface area contributed by atoms with Gasteiger partial charge in [-0.05, 0) is 38.4 Å². The molecule has 84 valence electrons. The number of nitrogens with zero attached hydrogens (tertiary/aromatic N) is 3. The molecule has 0 radical (unpaired) electrons. The summed E-state index contributed by atoms with van der Waals surface area (Å²) in [5, 5.41) is 11.8. The highest BCUT2D eigenvalue weighted by Gasteiger charge is 2.18. The zero-order chi connectivity index (χ0) is 11.0. The number of nitrogens with one attached hydrogen (secondary N) is 1. The third-order valence-electron chi connectivity index (χ3n) is 3.34. The van der Waals surface area contributed by atoms with Gasteiger partial charge in [0.15, 0.2) is 5.65 Å². The summed E-state index contributed by atoms with van der Waals surface area (Å²) in [5.74, 6) is 1.57. The van der Waals surface area contributed by atoms with Crippen molar-refractivity contribution in [2.24, 2.45) is 0 Å². The molecule has 1 N–H and O–H groups in total. The molecule has 1 atom stereocenters. The summed E-state index contributed by atoms with van der Waals surface area (Å²) in [5.41, 5.74) is 2.30. The van der Waals surface area contributed by atoms with Crippen molar-refractivity contribution in [3.63, 3.8) is 0 Å². The summed E-state index contributed by atoms with van der Waals surface area (Å²) in [6.07, 6.45) is 2.51. The topological polar surface area (TPSA) is 42.2 Å². The van der Waals surface area contributed by atoms with E-state index >= 15 is 0 Å². The lowest BCUT2D eigenvalue weighted by atomic mass is 9.95. The van der Waals surface area contributed by atoms with E-state index in [1.165, 1.54) is 18.5 Å². The number of hydrogen-bond donors (Lipinski definition) is 1. The Kier molecular flexibility index (Phi) is 2.36. The third-order valence-corrected chi connectivity index (χ3v) is 3.34. The summed E-state index contributed by atoms with van der Waals surface area (Å²) in [4.78, 5) is 0. The number of aryl methyl sites for hydroxylation is 1. The van der Waals surface area contributed by atoms with E-state index < -0.39 is 0 Å². The number of aromatic nitrogens is 3. The van der Waals surface area contributed by atoms with Gasteiger partial charge in [0.05, 0.1) is 0 Å². The minimum absolute atomic E-state index is 0.590. The van der Waals surface area contributed by atoms with Crippen molar-refractivity contribution in [2.75, 3.05) is 13.1 Å². The first-order chi connectivity index (χ1) is 7.86. The summed E-state index contributed by atoms with van der Waals surface area (Å²) in [6.45, 7) is 4.23. The predicted octanol–water partition coefficient (Wildman–Crippen LogP) is 1.50. The van der Waals surface area contributed by atoms with Crippen molar-refractivity contribution >= 4 is 5.65 Å². The van der Waals surface area contributed by atoms with Crippen LogP contribution in [0.15, 0.2) is 18.2 Å². The molecule has 1 aliphatic heterocycles. The highest BCUT2D eigenvalue weighted by Crippen LogP contribution is 2.24. The monoisotopic (exact) mass is 216 g/mol. The normalized spacial score (nSPS) is 21.4. The van der Waals surface area contributed by atoms with Gasteiger partial charge in [-0.2, -0.15) is 0 Å². The average molecular weight is 216 g/mol. The maximum absolute atomic E-state index is 4.17. The Hall–Kier alpha value is -1.42. The molecule has 3 rings (SSSR count). The van der Waals surface area contributed by atoms with Crippen molar-refractivity contribution in [3.05, 3.63) is 29.7 Å². The van der Waals surface area contributed by atoms with E-state index in [0.717, 1.165) is 24.6 Å². The van der Waals surface area contributed by atoms with Crippen LogP contribution in [-0.4, -0.2) is 27.7 Å². The molecule has 0 amide bonds. The van der Waals surface area contributed by atoms with E-state index in [1.807, 2.05) is 13.0 Å². The fourth-order valence-corrected chi connectivity index (χ4v) is 2.54. The zero-order valence-electron chi connectivity index (χ0n) is 9.48. The van der Waals surface area contributed by atoms with E-state index in [4.69, 9.17) is 0 Å². The van der Waals surface area contributed by atoms with Gasteiger partial charge in [-0.25, -0.2) is 0 Å². The average Bonchev–Trinajstić information content (AvgIpc) is 2.73. The molecule has 1 saturated heterocycles. The van der Waals surface area contributed by atoms with Crippen LogP contribution in [0.3, 0.4) is 0 Å². The maximum Gasteiger partial charge on any atom is 0.160 e. The fraction of sp³-hybridized carbons (Fsp3) is 0.500. The highest BCUT2D eigenvalue weighted by molar-refractivity contribution is 5.40. The van der Waals surface area contributed by atoms with Crippen molar-refractivity contribution < 1.29 is 0 Å². The molecule has 0 aliphatic carbocycles. The van der Waals surface area contributed by atoms with Crippen LogP contribution in [0.25, 0.3) is 5.65 Å². The SMILES string of the molecule is Cc1nnc2cccc(C3CCCNC3)n12. The van der Waals surface area contributed by atoms with Crippen LogP contribution < -0.4 is 5.32 Å². The lowest BCUT2D eigenvalue weighted by molar-refractivity contribution is 0.451. The molecule has 0 bridgehead atoms. The molecular weight excluding hydrogens is 200 g/mol. The van der Waals surface area contributed by atoms with E-state index in [1.54, 1.807) is 0 Å². The molecule has 1 unspecified atom stereocenters. The second-order valence-electron chi connectivity index (χ2n) is 4.43. The first-order valence-electron chi connectivity index (χ1n) is 5.87. The van der Waals surface area contributed by atoms with Gasteiger partial charge in [-0.3, -0.25) is 4.40 Å². The molecule has 1 fully saturated rings. The molecule has 1 aliphatic rings. The number of rotatable bonds is 1. The molecule has 2 aromatic heterocycles. The van der Waals surface area contributed by atoms with Crippen molar-refractivity contribution in [1.82, 2.24) is 19.9 Å². The minimum Gasteiger partial charge on any atom is -0.316 e. The summed E-state index contributed by atoms with van der Waals surface area (Å²) in [7, 11) is 0.